The third kappa shape index (κ3) is 3.56. The predicted octanol–water partition coefficient (Wildman–Crippen LogP) is 4.53. The number of fused-ring (bicyclic) bond motifs is 5. The van der Waals surface area contributed by atoms with E-state index in [9.17, 15) is 14.4 Å². The molecule has 182 valence electrons. The first-order valence-corrected chi connectivity index (χ1v) is 13.0. The molecule has 0 radical (unpaired) electrons. The molecule has 6 nitrogen and oxygen atoms in total. The van der Waals surface area contributed by atoms with E-state index >= 15 is 0 Å². The standard InChI is InChI=1S/C28H30ClN3O3/c1-16-4-3-5-20(12-16)31-11-10-30(15-17(31)2)26(33)22-14-21(8-9-23(22)29)32-27(34)24-18-6-7-19(13-18)25(24)28(32)35/h3-5,8-9,12,14,17-19,24-25H,6-7,10-11,13,15H2,1-2H3. The summed E-state index contributed by atoms with van der Waals surface area (Å²) >= 11 is 6.47. The fourth-order valence-corrected chi connectivity index (χ4v) is 7.18. The van der Waals surface area contributed by atoms with Gasteiger partial charge in [0.25, 0.3) is 5.91 Å². The van der Waals surface area contributed by atoms with Crippen molar-refractivity contribution >= 4 is 40.7 Å². The monoisotopic (exact) mass is 491 g/mol. The first-order valence-electron chi connectivity index (χ1n) is 12.6. The number of hydrogen-bond acceptors (Lipinski definition) is 4. The lowest BCUT2D eigenvalue weighted by Crippen LogP contribution is -2.53. The molecular weight excluding hydrogens is 462 g/mol. The second-order valence-electron chi connectivity index (χ2n) is 10.7. The Balaban J connectivity index is 1.22. The van der Waals surface area contributed by atoms with Gasteiger partial charge >= 0.3 is 0 Å². The van der Waals surface area contributed by atoms with E-state index in [0.717, 1.165) is 31.5 Å². The molecule has 5 atom stereocenters. The number of aryl methyl sites for hydroxylation is 1. The Morgan fingerprint density at radius 1 is 0.943 bits per heavy atom. The molecule has 0 N–H and O–H groups in total. The molecule has 2 saturated carbocycles. The van der Waals surface area contributed by atoms with Gasteiger partial charge in [0.1, 0.15) is 0 Å². The van der Waals surface area contributed by atoms with Gasteiger partial charge in [-0.25, -0.2) is 0 Å². The van der Waals surface area contributed by atoms with Crippen LogP contribution in [0.1, 0.15) is 42.1 Å². The number of nitrogens with zero attached hydrogens (tertiary/aromatic N) is 3. The first-order chi connectivity index (χ1) is 16.8. The van der Waals surface area contributed by atoms with Crippen molar-refractivity contribution in [3.63, 3.8) is 0 Å². The van der Waals surface area contributed by atoms with Gasteiger partial charge in [0.2, 0.25) is 11.8 Å². The molecule has 2 aromatic carbocycles. The Kier molecular flexibility index (Phi) is 5.40. The highest BCUT2D eigenvalue weighted by atomic mass is 35.5. The number of imide groups is 1. The highest BCUT2D eigenvalue weighted by Gasteiger charge is 2.61. The summed E-state index contributed by atoms with van der Waals surface area (Å²) in [6.45, 7) is 6.07. The molecule has 0 spiro atoms. The van der Waals surface area contributed by atoms with E-state index in [0.29, 0.717) is 41.2 Å². The molecule has 2 heterocycles. The normalized spacial score (nSPS) is 29.8. The van der Waals surface area contributed by atoms with Crippen LogP contribution in [0.4, 0.5) is 11.4 Å². The minimum absolute atomic E-state index is 0.103. The van der Waals surface area contributed by atoms with Crippen LogP contribution >= 0.6 is 11.6 Å². The van der Waals surface area contributed by atoms with Gasteiger partial charge in [0.15, 0.2) is 0 Å². The number of benzene rings is 2. The van der Waals surface area contributed by atoms with Crippen LogP contribution in [-0.2, 0) is 9.59 Å². The van der Waals surface area contributed by atoms with Crippen molar-refractivity contribution in [3.05, 3.63) is 58.6 Å². The van der Waals surface area contributed by atoms with Crippen LogP contribution in [0, 0.1) is 30.6 Å². The van der Waals surface area contributed by atoms with Crippen molar-refractivity contribution in [1.29, 1.82) is 0 Å². The molecule has 2 aliphatic carbocycles. The van der Waals surface area contributed by atoms with E-state index in [1.54, 1.807) is 18.2 Å². The van der Waals surface area contributed by atoms with Gasteiger partial charge in [-0.3, -0.25) is 19.3 Å². The summed E-state index contributed by atoms with van der Waals surface area (Å²) in [7, 11) is 0. The van der Waals surface area contributed by atoms with Crippen molar-refractivity contribution < 1.29 is 14.4 Å². The third-order valence-corrected chi connectivity index (χ3v) is 8.94. The highest BCUT2D eigenvalue weighted by Crippen LogP contribution is 2.56. The second kappa shape index (κ2) is 8.37. The summed E-state index contributed by atoms with van der Waals surface area (Å²) in [6, 6.07) is 13.5. The minimum atomic E-state index is -0.188. The second-order valence-corrected chi connectivity index (χ2v) is 11.1. The largest absolute Gasteiger partial charge is 0.365 e. The van der Waals surface area contributed by atoms with Gasteiger partial charge in [0, 0.05) is 31.4 Å². The lowest BCUT2D eigenvalue weighted by Gasteiger charge is -2.41. The van der Waals surface area contributed by atoms with Crippen LogP contribution in [0.2, 0.25) is 5.02 Å². The van der Waals surface area contributed by atoms with Gasteiger partial charge in [-0.2, -0.15) is 0 Å². The van der Waals surface area contributed by atoms with Crippen LogP contribution in [-0.4, -0.2) is 48.3 Å². The summed E-state index contributed by atoms with van der Waals surface area (Å²) in [5, 5.41) is 0.340. The topological polar surface area (TPSA) is 60.9 Å². The predicted molar refractivity (Wildman–Crippen MR) is 136 cm³/mol. The Hall–Kier alpha value is -2.86. The quantitative estimate of drug-likeness (QED) is 0.592. The number of halogens is 1. The maximum absolute atomic E-state index is 13.5. The molecule has 6 rings (SSSR count). The number of carbonyl (C=O) groups excluding carboxylic acids is 3. The van der Waals surface area contributed by atoms with Crippen molar-refractivity contribution in [2.75, 3.05) is 29.4 Å². The molecule has 2 bridgehead atoms. The average molecular weight is 492 g/mol. The van der Waals surface area contributed by atoms with Crippen LogP contribution in [0.15, 0.2) is 42.5 Å². The third-order valence-electron chi connectivity index (χ3n) is 8.61. The first kappa shape index (κ1) is 22.6. The van der Waals surface area contributed by atoms with Crippen LogP contribution in [0.3, 0.4) is 0 Å². The van der Waals surface area contributed by atoms with E-state index in [2.05, 4.69) is 43.0 Å². The number of piperazine rings is 1. The number of anilines is 2. The van der Waals surface area contributed by atoms with Gasteiger partial charge < -0.3 is 9.80 Å². The lowest BCUT2D eigenvalue weighted by molar-refractivity contribution is -0.123. The van der Waals surface area contributed by atoms with E-state index < -0.39 is 0 Å². The minimum Gasteiger partial charge on any atom is -0.365 e. The summed E-state index contributed by atoms with van der Waals surface area (Å²) in [6.07, 6.45) is 3.07. The fourth-order valence-electron chi connectivity index (χ4n) is 6.98. The van der Waals surface area contributed by atoms with E-state index in [1.165, 1.54) is 10.5 Å². The van der Waals surface area contributed by atoms with Crippen molar-refractivity contribution in [1.82, 2.24) is 4.90 Å². The van der Waals surface area contributed by atoms with E-state index in [1.807, 2.05) is 4.90 Å². The molecule has 2 aliphatic heterocycles. The molecule has 2 saturated heterocycles. The van der Waals surface area contributed by atoms with Crippen molar-refractivity contribution in [3.8, 4) is 0 Å². The molecule has 4 fully saturated rings. The number of rotatable bonds is 3. The van der Waals surface area contributed by atoms with Gasteiger partial charge in [-0.15, -0.1) is 0 Å². The van der Waals surface area contributed by atoms with Crippen LogP contribution in [0.5, 0.6) is 0 Å². The van der Waals surface area contributed by atoms with Crippen molar-refractivity contribution in [2.24, 2.45) is 23.7 Å². The maximum atomic E-state index is 13.5. The van der Waals surface area contributed by atoms with Crippen molar-refractivity contribution in [2.45, 2.75) is 39.2 Å². The Labute approximate surface area is 210 Å². The van der Waals surface area contributed by atoms with E-state index in [-0.39, 0.29) is 35.6 Å². The smallest absolute Gasteiger partial charge is 0.255 e. The Morgan fingerprint density at radius 2 is 1.66 bits per heavy atom. The van der Waals surface area contributed by atoms with Gasteiger partial charge in [0.05, 0.1) is 28.1 Å². The zero-order valence-corrected chi connectivity index (χ0v) is 20.9. The molecule has 5 unspecified atom stereocenters. The molecular formula is C28H30ClN3O3. The Morgan fingerprint density at radius 3 is 2.31 bits per heavy atom. The zero-order valence-electron chi connectivity index (χ0n) is 20.1. The van der Waals surface area contributed by atoms with Gasteiger partial charge in [-0.1, -0.05) is 23.7 Å². The maximum Gasteiger partial charge on any atom is 0.255 e. The molecule has 0 aromatic heterocycles. The molecule has 3 amide bonds. The fraction of sp³-hybridized carbons (Fsp3) is 0.464. The summed E-state index contributed by atoms with van der Waals surface area (Å²) in [4.78, 5) is 45.5. The number of carbonyl (C=O) groups is 3. The molecule has 2 aromatic rings. The average Bonchev–Trinajstić information content (AvgIpc) is 3.53. The van der Waals surface area contributed by atoms with E-state index in [4.69, 9.17) is 11.6 Å². The Bertz CT molecular complexity index is 1200. The lowest BCUT2D eigenvalue weighted by atomic mass is 9.81. The SMILES string of the molecule is Cc1cccc(N2CCN(C(=O)c3cc(N4C(=O)C5C6CCC(C6)C5C4=O)ccc3Cl)CC2C)c1. The molecule has 4 aliphatic rings. The zero-order chi connectivity index (χ0) is 24.4. The summed E-state index contributed by atoms with van der Waals surface area (Å²) in [5.74, 6) is -0.0936. The number of hydrogen-bond donors (Lipinski definition) is 0. The number of amides is 3. The van der Waals surface area contributed by atoms with Crippen LogP contribution < -0.4 is 9.80 Å². The molecule has 7 heteroatoms. The summed E-state index contributed by atoms with van der Waals surface area (Å²) in [5.41, 5.74) is 3.18. The molecule has 35 heavy (non-hydrogen) atoms. The van der Waals surface area contributed by atoms with Crippen LogP contribution in [0.25, 0.3) is 0 Å². The van der Waals surface area contributed by atoms with Gasteiger partial charge in [-0.05, 0) is 80.8 Å². The highest BCUT2D eigenvalue weighted by molar-refractivity contribution is 6.34. The summed E-state index contributed by atoms with van der Waals surface area (Å²) < 4.78 is 0.